The number of benzene rings is 1. The van der Waals surface area contributed by atoms with Crippen molar-refractivity contribution in [2.75, 3.05) is 36.6 Å². The molecule has 2 unspecified atom stereocenters. The molecule has 6 nitrogen and oxygen atoms in total. The minimum Gasteiger partial charge on any atom is -0.385 e. The normalized spacial score (nSPS) is 18.1. The minimum atomic E-state index is -2.11. The summed E-state index contributed by atoms with van der Waals surface area (Å²) in [4.78, 5) is 15.0. The second kappa shape index (κ2) is 16.4. The van der Waals surface area contributed by atoms with E-state index in [1.807, 2.05) is 13.0 Å². The van der Waals surface area contributed by atoms with Crippen molar-refractivity contribution < 1.29 is 17.6 Å². The van der Waals surface area contributed by atoms with Crippen LogP contribution in [0.4, 0.5) is 15.4 Å². The predicted octanol–water partition coefficient (Wildman–Crippen LogP) is 6.36. The maximum Gasteiger partial charge on any atom is 0.212 e. The topological polar surface area (TPSA) is 80.3 Å². The number of hydrogen-bond acceptors (Lipinski definition) is 5. The smallest absolute Gasteiger partial charge is 0.212 e. The van der Waals surface area contributed by atoms with Gasteiger partial charge in [-0.05, 0) is 79.5 Å². The highest BCUT2D eigenvalue weighted by Gasteiger charge is 2.13. The summed E-state index contributed by atoms with van der Waals surface area (Å²) >= 11 is -2.11. The number of hydrogen-bond donors (Lipinski definition) is 2. The van der Waals surface area contributed by atoms with Gasteiger partial charge in [0.15, 0.2) is 11.2 Å². The van der Waals surface area contributed by atoms with Crippen molar-refractivity contribution in [2.24, 2.45) is 5.92 Å². The van der Waals surface area contributed by atoms with Crippen molar-refractivity contribution in [3.05, 3.63) is 41.6 Å². The molecular formula is C27H40FN3O3S. The lowest BCUT2D eigenvalue weighted by Gasteiger charge is -2.17. The Bertz CT molecular complexity index is 918. The molecule has 0 bridgehead atoms. The van der Waals surface area contributed by atoms with Gasteiger partial charge < -0.3 is 15.4 Å². The number of amides is 1. The maximum atomic E-state index is 10.7. The Balaban J connectivity index is 0.000000405. The molecule has 0 radical (unpaired) electrons. The first-order chi connectivity index (χ1) is 16.9. The number of nitrogens with one attached hydrogen (secondary N) is 2. The van der Waals surface area contributed by atoms with Gasteiger partial charge in [-0.15, -0.1) is 3.89 Å². The molecule has 1 amide bonds. The first kappa shape index (κ1) is 28.9. The third-order valence-corrected chi connectivity index (χ3v) is 6.25. The molecule has 1 aromatic heterocycles. The van der Waals surface area contributed by atoms with Crippen molar-refractivity contribution in [3.63, 3.8) is 0 Å². The van der Waals surface area contributed by atoms with Crippen molar-refractivity contribution in [1.82, 2.24) is 4.98 Å². The van der Waals surface area contributed by atoms with Gasteiger partial charge in [-0.3, -0.25) is 4.79 Å². The molecule has 1 aliphatic heterocycles. The van der Waals surface area contributed by atoms with Gasteiger partial charge in [-0.2, -0.15) is 0 Å². The monoisotopic (exact) mass is 505 g/mol. The van der Waals surface area contributed by atoms with Crippen LogP contribution in [0.15, 0.2) is 30.5 Å². The lowest BCUT2D eigenvalue weighted by Crippen LogP contribution is -2.14. The molecule has 2 heterocycles. The Morgan fingerprint density at radius 1 is 1.03 bits per heavy atom. The third-order valence-electron chi connectivity index (χ3n) is 6.25. The molecule has 2 N–H and O–H groups in total. The average molecular weight is 506 g/mol. The molecule has 1 saturated carbocycles. The van der Waals surface area contributed by atoms with E-state index in [1.54, 1.807) is 6.20 Å². The third kappa shape index (κ3) is 11.3. The van der Waals surface area contributed by atoms with Crippen LogP contribution in [0, 0.1) is 19.8 Å². The van der Waals surface area contributed by atoms with E-state index in [0.29, 0.717) is 18.1 Å². The number of aryl methyl sites for hydroxylation is 2. The number of anilines is 2. The van der Waals surface area contributed by atoms with Crippen molar-refractivity contribution in [2.45, 2.75) is 65.2 Å². The van der Waals surface area contributed by atoms with Gasteiger partial charge in [0.05, 0.1) is 0 Å². The lowest BCUT2D eigenvalue weighted by atomic mass is 9.96. The SMILES string of the molecule is C1CCCC1.CS(=O)F.Cc1ccc(NCC2CCCOCC2)cc1-c1cc(NC=O)ncc1C. The summed E-state index contributed by atoms with van der Waals surface area (Å²) < 4.78 is 24.9. The standard InChI is InChI=1S/C21H27N3O2.C5H10.CH3FOS/c1-15-5-6-18(22-13-17-4-3-8-26-9-7-17)10-19(15)20-11-21(24-14-25)23-12-16(20)2;1-2-4-5-3-1;1-4(2)3/h5-6,10-12,14,17,22H,3-4,7-9,13H2,1-2H3,(H,23,24,25);1-5H2;1H3. The Labute approximate surface area is 212 Å². The highest BCUT2D eigenvalue weighted by Crippen LogP contribution is 2.30. The summed E-state index contributed by atoms with van der Waals surface area (Å²) in [7, 11) is 0. The average Bonchev–Trinajstić information content (AvgIpc) is 3.31. The molecule has 2 fully saturated rings. The molecule has 0 spiro atoms. The summed E-state index contributed by atoms with van der Waals surface area (Å²) in [6.07, 6.45) is 14.4. The Morgan fingerprint density at radius 3 is 2.34 bits per heavy atom. The van der Waals surface area contributed by atoms with E-state index in [9.17, 15) is 8.68 Å². The molecule has 2 aromatic rings. The van der Waals surface area contributed by atoms with Crippen LogP contribution >= 0.6 is 0 Å². The molecule has 2 atom stereocenters. The zero-order valence-electron chi connectivity index (χ0n) is 21.3. The van der Waals surface area contributed by atoms with Crippen molar-refractivity contribution in [3.8, 4) is 11.1 Å². The summed E-state index contributed by atoms with van der Waals surface area (Å²) in [5.74, 6) is 1.23. The number of carbonyl (C=O) groups is 1. The Morgan fingerprint density at radius 2 is 1.69 bits per heavy atom. The van der Waals surface area contributed by atoms with E-state index in [1.165, 1.54) is 44.1 Å². The lowest BCUT2D eigenvalue weighted by molar-refractivity contribution is -0.105. The number of nitrogens with zero attached hydrogens (tertiary/aromatic N) is 1. The van der Waals surface area contributed by atoms with E-state index in [4.69, 9.17) is 8.95 Å². The second-order valence-corrected chi connectivity index (χ2v) is 9.89. The van der Waals surface area contributed by atoms with Crippen LogP contribution < -0.4 is 10.6 Å². The van der Waals surface area contributed by atoms with Crippen LogP contribution in [0.25, 0.3) is 11.1 Å². The first-order valence-corrected chi connectivity index (χ1v) is 14.0. The van der Waals surface area contributed by atoms with Crippen molar-refractivity contribution in [1.29, 1.82) is 0 Å². The fourth-order valence-electron chi connectivity index (χ4n) is 4.30. The minimum absolute atomic E-state index is 0.566. The molecule has 8 heteroatoms. The second-order valence-electron chi connectivity index (χ2n) is 9.12. The zero-order chi connectivity index (χ0) is 25.5. The van der Waals surface area contributed by atoms with E-state index in [2.05, 4.69) is 40.7 Å². The molecule has 4 rings (SSSR count). The number of carbonyl (C=O) groups excluding carboxylic acids is 1. The van der Waals surface area contributed by atoms with Crippen molar-refractivity contribution >= 4 is 29.1 Å². The number of rotatable bonds is 6. The molecule has 194 valence electrons. The number of ether oxygens (including phenoxy) is 1. The molecule has 2 aliphatic rings. The van der Waals surface area contributed by atoms with Crippen LogP contribution in [0.2, 0.25) is 0 Å². The van der Waals surface area contributed by atoms with E-state index < -0.39 is 11.2 Å². The van der Waals surface area contributed by atoms with Crippen LogP contribution in [0.5, 0.6) is 0 Å². The van der Waals surface area contributed by atoms with Crippen LogP contribution in [-0.2, 0) is 20.7 Å². The van der Waals surface area contributed by atoms with E-state index in [0.717, 1.165) is 61.2 Å². The van der Waals surface area contributed by atoms with E-state index in [-0.39, 0.29) is 0 Å². The Kier molecular flexibility index (Phi) is 13.5. The molecule has 1 aliphatic carbocycles. The molecule has 1 aromatic carbocycles. The van der Waals surface area contributed by atoms with Crippen LogP contribution in [-0.4, -0.2) is 41.6 Å². The quantitative estimate of drug-likeness (QED) is 0.353. The molecular weight excluding hydrogens is 465 g/mol. The van der Waals surface area contributed by atoms with Gasteiger partial charge in [-0.25, -0.2) is 9.19 Å². The fourth-order valence-corrected chi connectivity index (χ4v) is 4.30. The van der Waals surface area contributed by atoms with Gasteiger partial charge >= 0.3 is 0 Å². The van der Waals surface area contributed by atoms with Gasteiger partial charge in [0.25, 0.3) is 0 Å². The van der Waals surface area contributed by atoms with E-state index >= 15 is 0 Å². The molecule has 1 saturated heterocycles. The highest BCUT2D eigenvalue weighted by molar-refractivity contribution is 7.79. The maximum absolute atomic E-state index is 10.7. The predicted molar refractivity (Wildman–Crippen MR) is 144 cm³/mol. The number of pyridine rings is 1. The summed E-state index contributed by atoms with van der Waals surface area (Å²) in [6.45, 7) is 6.88. The highest BCUT2D eigenvalue weighted by atomic mass is 32.2. The van der Waals surface area contributed by atoms with Gasteiger partial charge in [0.1, 0.15) is 5.82 Å². The van der Waals surface area contributed by atoms with Gasteiger partial charge in [0.2, 0.25) is 6.41 Å². The summed E-state index contributed by atoms with van der Waals surface area (Å²) in [5.41, 5.74) is 5.66. The van der Waals surface area contributed by atoms with Gasteiger partial charge in [0, 0.05) is 37.9 Å². The Hall–Kier alpha value is -2.32. The van der Waals surface area contributed by atoms with Gasteiger partial charge in [-0.1, -0.05) is 38.2 Å². The summed E-state index contributed by atoms with van der Waals surface area (Å²) in [5, 5.41) is 6.23. The molecule has 35 heavy (non-hydrogen) atoms. The summed E-state index contributed by atoms with van der Waals surface area (Å²) in [6, 6.07) is 8.39. The zero-order valence-corrected chi connectivity index (χ0v) is 22.1. The number of halogens is 1. The number of aromatic nitrogens is 1. The van der Waals surface area contributed by atoms with Crippen LogP contribution in [0.3, 0.4) is 0 Å². The van der Waals surface area contributed by atoms with Crippen LogP contribution in [0.1, 0.15) is 62.5 Å². The fraction of sp³-hybridized carbons (Fsp3) is 0.556. The first-order valence-electron chi connectivity index (χ1n) is 12.5. The largest absolute Gasteiger partial charge is 0.385 e.